The Kier molecular flexibility index (Phi) is 6.20. The van der Waals surface area contributed by atoms with Gasteiger partial charge in [0.25, 0.3) is 0 Å². The Bertz CT molecular complexity index is 4030. The molecular weight excluding hydrogens is 727 g/mol. The van der Waals surface area contributed by atoms with E-state index in [2.05, 4.69) is 18.2 Å². The van der Waals surface area contributed by atoms with Crippen molar-refractivity contribution in [2.24, 2.45) is 0 Å². The summed E-state index contributed by atoms with van der Waals surface area (Å²) in [7, 11) is 0. The van der Waals surface area contributed by atoms with Gasteiger partial charge < -0.3 is 0 Å². The zero-order valence-electron chi connectivity index (χ0n) is 43.8. The molecule has 0 N–H and O–H groups in total. The fraction of sp³-hybridized carbons (Fsp3) is 0. The average molecular weight is 776 g/mol. The van der Waals surface area contributed by atoms with E-state index in [0.717, 1.165) is 44.0 Å². The highest BCUT2D eigenvalue weighted by molar-refractivity contribution is 6.05. The molecule has 11 rings (SSSR count). The van der Waals surface area contributed by atoms with Gasteiger partial charge in [0.1, 0.15) is 0 Å². The number of aromatic nitrogens is 3. The maximum atomic E-state index is 8.94. The molecule has 0 saturated carbocycles. The van der Waals surface area contributed by atoms with Crippen molar-refractivity contribution < 1.29 is 16.4 Å². The number of hydrogen-bond acceptors (Lipinski definition) is 3. The molecule has 11 aromatic rings. The van der Waals surface area contributed by atoms with Crippen LogP contribution in [0.3, 0.4) is 0 Å². The van der Waals surface area contributed by atoms with E-state index in [4.69, 9.17) is 31.4 Å². The van der Waals surface area contributed by atoms with Gasteiger partial charge in [-0.2, -0.15) is 0 Å². The van der Waals surface area contributed by atoms with Crippen LogP contribution < -0.4 is 0 Å². The normalized spacial score (nSPS) is 14.1. The third-order valence-corrected chi connectivity index (χ3v) is 10.7. The van der Waals surface area contributed by atoms with Gasteiger partial charge in [0.05, 0.1) is 16.4 Å². The minimum Gasteiger partial charge on any atom is -0.208 e. The van der Waals surface area contributed by atoms with E-state index in [1.165, 1.54) is 0 Å². The third kappa shape index (κ3) is 6.49. The quantitative estimate of drug-likeness (QED) is 0.162. The smallest absolute Gasteiger partial charge is 0.164 e. The van der Waals surface area contributed by atoms with Crippen molar-refractivity contribution in [1.29, 1.82) is 0 Å². The highest BCUT2D eigenvalue weighted by atomic mass is 15.0. The van der Waals surface area contributed by atoms with Gasteiger partial charge in [-0.15, -0.1) is 0 Å². The van der Waals surface area contributed by atoms with Crippen LogP contribution in [0, 0.1) is 0 Å². The average Bonchev–Trinajstić information content (AvgIpc) is 3.42. The van der Waals surface area contributed by atoms with Gasteiger partial charge in [-0.3, -0.25) is 0 Å². The van der Waals surface area contributed by atoms with Crippen LogP contribution in [-0.4, -0.2) is 15.0 Å². The van der Waals surface area contributed by atoms with Crippen LogP contribution in [-0.2, 0) is 0 Å². The molecule has 0 radical (unpaired) electrons. The summed E-state index contributed by atoms with van der Waals surface area (Å²) < 4.78 is 103. The second-order valence-electron chi connectivity index (χ2n) is 14.3. The lowest BCUT2D eigenvalue weighted by Gasteiger charge is -2.15. The summed E-state index contributed by atoms with van der Waals surface area (Å²) in [6.07, 6.45) is 0. The van der Waals surface area contributed by atoms with Crippen LogP contribution in [0.2, 0.25) is 0 Å². The molecule has 0 saturated heterocycles. The van der Waals surface area contributed by atoms with Gasteiger partial charge in [0, 0.05) is 16.7 Å². The third-order valence-electron chi connectivity index (χ3n) is 10.7. The maximum Gasteiger partial charge on any atom is 0.164 e. The monoisotopic (exact) mass is 775 g/mol. The number of benzene rings is 10. The summed E-state index contributed by atoms with van der Waals surface area (Å²) in [5, 5.41) is 3.38. The van der Waals surface area contributed by atoms with Gasteiger partial charge in [-0.25, -0.2) is 15.0 Å². The van der Waals surface area contributed by atoms with Crippen LogP contribution >= 0.6 is 0 Å². The Hall–Kier alpha value is -8.01. The van der Waals surface area contributed by atoms with Gasteiger partial charge in [-0.1, -0.05) is 206 Å². The Balaban J connectivity index is 1.10. The van der Waals surface area contributed by atoms with E-state index >= 15 is 0 Å². The molecule has 0 fully saturated rings. The largest absolute Gasteiger partial charge is 0.208 e. The zero-order chi connectivity index (χ0) is 50.3. The van der Waals surface area contributed by atoms with Crippen LogP contribution in [0.4, 0.5) is 0 Å². The summed E-state index contributed by atoms with van der Waals surface area (Å²) in [4.78, 5) is 15.4. The van der Waals surface area contributed by atoms with Crippen molar-refractivity contribution in [1.82, 2.24) is 15.0 Å². The van der Waals surface area contributed by atoms with Crippen LogP contribution in [0.25, 0.3) is 111 Å². The molecule has 0 aliphatic rings. The highest BCUT2D eigenvalue weighted by Gasteiger charge is 2.18. The van der Waals surface area contributed by atoms with E-state index in [1.807, 2.05) is 103 Å². The molecule has 0 amide bonds. The molecule has 0 atom stereocenters. The summed E-state index contributed by atoms with van der Waals surface area (Å²) >= 11 is 0. The van der Waals surface area contributed by atoms with Gasteiger partial charge in [0.15, 0.2) is 17.5 Å². The number of rotatable bonds is 7. The lowest BCUT2D eigenvalue weighted by molar-refractivity contribution is 1.07. The summed E-state index contributed by atoms with van der Waals surface area (Å²) in [6, 6.07) is 43.2. The fourth-order valence-electron chi connectivity index (χ4n) is 7.83. The topological polar surface area (TPSA) is 38.7 Å². The number of fused-ring (bicyclic) bond motifs is 3. The van der Waals surface area contributed by atoms with Gasteiger partial charge in [0.2, 0.25) is 0 Å². The minimum absolute atomic E-state index is 0.00870. The summed E-state index contributed by atoms with van der Waals surface area (Å²) in [6.45, 7) is 0. The van der Waals surface area contributed by atoms with Crippen molar-refractivity contribution in [3.05, 3.63) is 224 Å². The van der Waals surface area contributed by atoms with Crippen molar-refractivity contribution >= 4 is 32.3 Å². The van der Waals surface area contributed by atoms with Gasteiger partial charge in [-0.05, 0) is 95.0 Å². The molecular formula is C57H37N3. The predicted molar refractivity (Wildman–Crippen MR) is 250 cm³/mol. The lowest BCUT2D eigenvalue weighted by atomic mass is 9.91. The predicted octanol–water partition coefficient (Wildman–Crippen LogP) is 15.0. The SMILES string of the molecule is [2H]c1c([2H])c([2H])c(-c2ccc(-c3cccc(-c4nc(-c5ccc(-c6c([2H])c([2H])c([2H])c7c([2H])c([2H])c([2H])c([2H])c67)cc5)nc(-c5cc6ccccc6cc5-c5ccccc5)n4)c3)c3ccccc23)c([2H])c1[2H]. The highest BCUT2D eigenvalue weighted by Crippen LogP contribution is 2.39. The molecule has 280 valence electrons. The Labute approximate surface area is 365 Å². The Morgan fingerprint density at radius 3 is 1.58 bits per heavy atom. The van der Waals surface area contributed by atoms with Crippen LogP contribution in [0.5, 0.6) is 0 Å². The molecule has 3 nitrogen and oxygen atoms in total. The van der Waals surface area contributed by atoms with Crippen molar-refractivity contribution in [2.45, 2.75) is 0 Å². The maximum absolute atomic E-state index is 8.94. The second-order valence-corrected chi connectivity index (χ2v) is 14.3. The number of hydrogen-bond donors (Lipinski definition) is 0. The first-order chi connectivity index (χ1) is 34.7. The summed E-state index contributed by atoms with van der Waals surface area (Å²) in [5.74, 6) is 1.06. The lowest BCUT2D eigenvalue weighted by Crippen LogP contribution is -2.01. The van der Waals surface area contributed by atoms with Crippen molar-refractivity contribution in [3.63, 3.8) is 0 Å². The van der Waals surface area contributed by atoms with Crippen LogP contribution in [0.15, 0.2) is 224 Å². The van der Waals surface area contributed by atoms with E-state index < -0.39 is 54.4 Å². The van der Waals surface area contributed by atoms with E-state index in [9.17, 15) is 0 Å². The first kappa shape index (κ1) is 24.7. The molecule has 0 unspecified atom stereocenters. The molecule has 60 heavy (non-hydrogen) atoms. The van der Waals surface area contributed by atoms with Crippen molar-refractivity contribution in [3.8, 4) is 78.7 Å². The minimum atomic E-state index is -0.522. The molecule has 1 aromatic heterocycles. The molecule has 0 spiro atoms. The van der Waals surface area contributed by atoms with E-state index in [0.29, 0.717) is 45.1 Å². The van der Waals surface area contributed by atoms with Crippen LogP contribution in [0.1, 0.15) is 16.4 Å². The van der Waals surface area contributed by atoms with Crippen molar-refractivity contribution in [2.75, 3.05) is 0 Å². The molecule has 3 heteroatoms. The zero-order valence-corrected chi connectivity index (χ0v) is 31.8. The second kappa shape index (κ2) is 15.1. The first-order valence-electron chi connectivity index (χ1n) is 25.4. The van der Waals surface area contributed by atoms with E-state index in [-0.39, 0.29) is 40.0 Å². The first-order valence-corrected chi connectivity index (χ1v) is 19.4. The van der Waals surface area contributed by atoms with E-state index in [1.54, 1.807) is 30.3 Å². The molecule has 0 bridgehead atoms. The Morgan fingerprint density at radius 2 is 0.817 bits per heavy atom. The summed E-state index contributed by atoms with van der Waals surface area (Å²) in [5.41, 5.74) is 6.61. The fourth-order valence-corrected chi connectivity index (χ4v) is 7.83. The molecule has 1 heterocycles. The standard InChI is InChI=1S/C57H37N3/c1-3-15-38(16-4-1)49-33-34-50(52-27-12-11-26-51(49)52)45-23-13-24-46(35-45)56-58-55(42-31-29-41(30-32-42)48-28-14-22-39-19-9-10-25-47(39)48)59-57(60-56)54-37-44-21-8-7-20-43(44)36-53(54)40-17-5-2-6-18-40/h1-37H/i1D,3D,4D,9D,10D,14D,15D,16D,19D,22D,25D,28D. The van der Waals surface area contributed by atoms with Gasteiger partial charge >= 0.3 is 0 Å². The molecule has 0 aliphatic carbocycles. The Morgan fingerprint density at radius 1 is 0.267 bits per heavy atom. The molecule has 10 aromatic carbocycles. The molecule has 0 aliphatic heterocycles. The number of nitrogens with zero attached hydrogens (tertiary/aromatic N) is 3.